The Morgan fingerprint density at radius 2 is 2.50 bits per heavy atom. The van der Waals surface area contributed by atoms with Crippen molar-refractivity contribution in [2.45, 2.75) is 6.92 Å². The molecule has 0 aliphatic rings. The van der Waals surface area contributed by atoms with Crippen LogP contribution in [0.4, 0.5) is 5.69 Å². The molecule has 1 aromatic rings. The van der Waals surface area contributed by atoms with Crippen LogP contribution in [0.15, 0.2) is 12.3 Å². The summed E-state index contributed by atoms with van der Waals surface area (Å²) in [5.41, 5.74) is 6.03. The lowest BCUT2D eigenvalue weighted by atomic mass is 10.2. The number of rotatable bonds is 2. The second-order valence-electron chi connectivity index (χ2n) is 2.49. The lowest BCUT2D eigenvalue weighted by molar-refractivity contribution is 0.0521. The van der Waals surface area contributed by atoms with E-state index in [1.54, 1.807) is 6.92 Å². The summed E-state index contributed by atoms with van der Waals surface area (Å²) in [5.74, 6) is -0.575. The largest absolute Gasteiger partial charge is 0.461 e. The molecular formula is C9H9N3O2. The van der Waals surface area contributed by atoms with Gasteiger partial charge in [-0.15, -0.1) is 0 Å². The van der Waals surface area contributed by atoms with E-state index in [0.717, 1.165) is 0 Å². The van der Waals surface area contributed by atoms with Crippen LogP contribution in [0.5, 0.6) is 0 Å². The zero-order valence-electron chi connectivity index (χ0n) is 7.65. The minimum atomic E-state index is -0.575. The van der Waals surface area contributed by atoms with Gasteiger partial charge in [0, 0.05) is 6.20 Å². The first-order valence-electron chi connectivity index (χ1n) is 4.01. The van der Waals surface area contributed by atoms with Gasteiger partial charge in [0.25, 0.3) is 0 Å². The van der Waals surface area contributed by atoms with E-state index in [4.69, 9.17) is 15.7 Å². The Balaban J connectivity index is 3.01. The van der Waals surface area contributed by atoms with Crippen molar-refractivity contribution in [3.63, 3.8) is 0 Å². The quantitative estimate of drug-likeness (QED) is 0.695. The Morgan fingerprint density at radius 1 is 1.79 bits per heavy atom. The van der Waals surface area contributed by atoms with Crippen molar-refractivity contribution >= 4 is 11.7 Å². The highest BCUT2D eigenvalue weighted by Gasteiger charge is 2.12. The number of nitrogen functional groups attached to an aromatic ring is 1. The first kappa shape index (κ1) is 9.99. The van der Waals surface area contributed by atoms with Crippen LogP contribution in [-0.2, 0) is 4.74 Å². The second-order valence-corrected chi connectivity index (χ2v) is 2.49. The lowest BCUT2D eigenvalue weighted by Crippen LogP contribution is -2.10. The zero-order chi connectivity index (χ0) is 10.6. The molecule has 0 aliphatic carbocycles. The van der Waals surface area contributed by atoms with Gasteiger partial charge in [0.1, 0.15) is 6.07 Å². The molecule has 14 heavy (non-hydrogen) atoms. The smallest absolute Gasteiger partial charge is 0.359 e. The van der Waals surface area contributed by atoms with Crippen molar-refractivity contribution in [1.29, 1.82) is 5.26 Å². The summed E-state index contributed by atoms with van der Waals surface area (Å²) < 4.78 is 4.72. The highest BCUT2D eigenvalue weighted by Crippen LogP contribution is 2.11. The number of nitriles is 1. The van der Waals surface area contributed by atoms with Crippen molar-refractivity contribution in [1.82, 2.24) is 4.98 Å². The molecule has 0 saturated carbocycles. The maximum Gasteiger partial charge on any atom is 0.359 e. The van der Waals surface area contributed by atoms with Crippen LogP contribution >= 0.6 is 0 Å². The normalized spacial score (nSPS) is 9.14. The van der Waals surface area contributed by atoms with E-state index in [9.17, 15) is 4.79 Å². The Bertz CT molecular complexity index is 396. The fourth-order valence-corrected chi connectivity index (χ4v) is 0.913. The number of anilines is 1. The fraction of sp³-hybridized carbons (Fsp3) is 0.222. The molecule has 5 nitrogen and oxygen atoms in total. The number of carbonyl (C=O) groups excluding carboxylic acids is 1. The van der Waals surface area contributed by atoms with Gasteiger partial charge in [0.15, 0.2) is 5.69 Å². The van der Waals surface area contributed by atoms with Gasteiger partial charge in [-0.05, 0) is 13.0 Å². The molecule has 2 N–H and O–H groups in total. The summed E-state index contributed by atoms with van der Waals surface area (Å²) >= 11 is 0. The van der Waals surface area contributed by atoms with Crippen molar-refractivity contribution in [2.24, 2.45) is 0 Å². The Morgan fingerprint density at radius 3 is 3.00 bits per heavy atom. The molecule has 0 bridgehead atoms. The molecule has 0 aliphatic heterocycles. The van der Waals surface area contributed by atoms with Crippen LogP contribution in [0.25, 0.3) is 0 Å². The van der Waals surface area contributed by atoms with E-state index < -0.39 is 5.97 Å². The first-order chi connectivity index (χ1) is 6.69. The maximum absolute atomic E-state index is 11.2. The number of nitrogens with two attached hydrogens (primary N) is 1. The molecule has 0 radical (unpaired) electrons. The predicted molar refractivity (Wildman–Crippen MR) is 49.3 cm³/mol. The first-order valence-corrected chi connectivity index (χ1v) is 4.01. The van der Waals surface area contributed by atoms with Crippen LogP contribution < -0.4 is 5.73 Å². The lowest BCUT2D eigenvalue weighted by Gasteiger charge is -2.03. The number of hydrogen-bond acceptors (Lipinski definition) is 5. The monoisotopic (exact) mass is 191 g/mol. The summed E-state index contributed by atoms with van der Waals surface area (Å²) in [6.07, 6.45) is 1.28. The van der Waals surface area contributed by atoms with Crippen molar-refractivity contribution in [3.05, 3.63) is 23.5 Å². The summed E-state index contributed by atoms with van der Waals surface area (Å²) in [4.78, 5) is 15.0. The van der Waals surface area contributed by atoms with E-state index >= 15 is 0 Å². The van der Waals surface area contributed by atoms with Crippen molar-refractivity contribution in [3.8, 4) is 6.07 Å². The molecule has 5 heteroatoms. The third-order valence-corrected chi connectivity index (χ3v) is 1.52. The summed E-state index contributed by atoms with van der Waals surface area (Å²) in [6.45, 7) is 1.96. The van der Waals surface area contributed by atoms with E-state index in [1.807, 2.05) is 6.07 Å². The molecule has 0 saturated heterocycles. The number of aromatic nitrogens is 1. The van der Waals surface area contributed by atoms with E-state index in [0.29, 0.717) is 5.56 Å². The molecule has 72 valence electrons. The molecule has 0 unspecified atom stereocenters. The SMILES string of the molecule is CCOC(=O)c1ncc(C#N)cc1N. The van der Waals surface area contributed by atoms with Crippen molar-refractivity contribution in [2.75, 3.05) is 12.3 Å². The highest BCUT2D eigenvalue weighted by atomic mass is 16.5. The van der Waals surface area contributed by atoms with Gasteiger partial charge < -0.3 is 10.5 Å². The standard InChI is InChI=1S/C9H9N3O2/c1-2-14-9(13)8-7(11)3-6(4-10)5-12-8/h3,5H,2,11H2,1H3. The second kappa shape index (κ2) is 4.23. The van der Waals surface area contributed by atoms with Crippen molar-refractivity contribution < 1.29 is 9.53 Å². The van der Waals surface area contributed by atoms with Gasteiger partial charge in [-0.2, -0.15) is 5.26 Å². The number of esters is 1. The number of pyridine rings is 1. The molecule has 1 aromatic heterocycles. The molecule has 1 rings (SSSR count). The number of ether oxygens (including phenoxy) is 1. The predicted octanol–water partition coefficient (Wildman–Crippen LogP) is 0.712. The van der Waals surface area contributed by atoms with Crippen LogP contribution in [0.1, 0.15) is 23.0 Å². The van der Waals surface area contributed by atoms with Crippen LogP contribution in [0, 0.1) is 11.3 Å². The molecular weight excluding hydrogens is 182 g/mol. The Hall–Kier alpha value is -2.09. The summed E-state index contributed by atoms with van der Waals surface area (Å²) in [7, 11) is 0. The molecule has 0 amide bonds. The van der Waals surface area contributed by atoms with Gasteiger partial charge in [0.05, 0.1) is 17.9 Å². The van der Waals surface area contributed by atoms with E-state index in [1.165, 1.54) is 12.3 Å². The fourth-order valence-electron chi connectivity index (χ4n) is 0.913. The maximum atomic E-state index is 11.2. The Labute approximate surface area is 81.1 Å². The topological polar surface area (TPSA) is 89.0 Å². The molecule has 0 fully saturated rings. The van der Waals surface area contributed by atoms with Gasteiger partial charge in [0.2, 0.25) is 0 Å². The molecule has 0 aromatic carbocycles. The van der Waals surface area contributed by atoms with E-state index in [-0.39, 0.29) is 18.0 Å². The van der Waals surface area contributed by atoms with Crippen LogP contribution in [0.3, 0.4) is 0 Å². The zero-order valence-corrected chi connectivity index (χ0v) is 7.65. The molecule has 0 atom stereocenters. The highest BCUT2D eigenvalue weighted by molar-refractivity contribution is 5.92. The summed E-state index contributed by atoms with van der Waals surface area (Å²) in [5, 5.41) is 8.53. The number of hydrogen-bond donors (Lipinski definition) is 1. The Kier molecular flexibility index (Phi) is 3.02. The van der Waals surface area contributed by atoms with Gasteiger partial charge in [-0.3, -0.25) is 0 Å². The van der Waals surface area contributed by atoms with Crippen LogP contribution in [-0.4, -0.2) is 17.6 Å². The number of carbonyl (C=O) groups is 1. The third-order valence-electron chi connectivity index (χ3n) is 1.52. The third kappa shape index (κ3) is 1.98. The average molecular weight is 191 g/mol. The minimum absolute atomic E-state index is 0.0471. The van der Waals surface area contributed by atoms with Gasteiger partial charge in [-0.25, -0.2) is 9.78 Å². The van der Waals surface area contributed by atoms with Crippen LogP contribution in [0.2, 0.25) is 0 Å². The number of nitrogens with zero attached hydrogens (tertiary/aromatic N) is 2. The van der Waals surface area contributed by atoms with Gasteiger partial charge in [-0.1, -0.05) is 0 Å². The minimum Gasteiger partial charge on any atom is -0.461 e. The molecule has 1 heterocycles. The van der Waals surface area contributed by atoms with E-state index in [2.05, 4.69) is 4.98 Å². The van der Waals surface area contributed by atoms with Gasteiger partial charge >= 0.3 is 5.97 Å². The summed E-state index contributed by atoms with van der Waals surface area (Å²) in [6, 6.07) is 3.26. The average Bonchev–Trinajstić information content (AvgIpc) is 2.17. The molecule has 0 spiro atoms.